The van der Waals surface area contributed by atoms with Gasteiger partial charge in [0.2, 0.25) is 0 Å². The number of thiazole rings is 1. The molecule has 120 valence electrons. The van der Waals surface area contributed by atoms with Crippen LogP contribution in [0.3, 0.4) is 0 Å². The van der Waals surface area contributed by atoms with Gasteiger partial charge in [-0.25, -0.2) is 4.98 Å². The lowest BCUT2D eigenvalue weighted by atomic mass is 9.97. The highest BCUT2D eigenvalue weighted by atomic mass is 32.1. The highest BCUT2D eigenvalue weighted by Gasteiger charge is 2.41. The van der Waals surface area contributed by atoms with E-state index in [9.17, 15) is 13.2 Å². The van der Waals surface area contributed by atoms with Crippen molar-refractivity contribution < 1.29 is 17.9 Å². The molecule has 1 aliphatic rings. The molecule has 1 atom stereocenters. The second kappa shape index (κ2) is 6.62. The maximum Gasteiger partial charge on any atom is 0.434 e. The van der Waals surface area contributed by atoms with Crippen LogP contribution in [0.5, 0.6) is 0 Å². The molecule has 1 aromatic heterocycles. The third-order valence-corrected chi connectivity index (χ3v) is 4.90. The molecule has 0 aliphatic carbocycles. The minimum absolute atomic E-state index is 0.205. The van der Waals surface area contributed by atoms with Crippen LogP contribution < -0.4 is 5.32 Å². The lowest BCUT2D eigenvalue weighted by molar-refractivity contribution is -0.142. The molecule has 1 fully saturated rings. The Bertz CT molecular complexity index is 467. The van der Waals surface area contributed by atoms with Gasteiger partial charge >= 0.3 is 6.18 Å². The third kappa shape index (κ3) is 3.96. The number of nitrogens with one attached hydrogen (secondary N) is 1. The van der Waals surface area contributed by atoms with E-state index in [4.69, 9.17) is 4.74 Å². The number of ether oxygens (including phenoxy) is 1. The molecule has 0 spiro atoms. The Hall–Kier alpha value is -0.660. The number of aromatic nitrogens is 1. The lowest BCUT2D eigenvalue weighted by Gasteiger charge is -2.31. The van der Waals surface area contributed by atoms with Crippen molar-refractivity contribution in [1.82, 2.24) is 10.3 Å². The Balaban J connectivity index is 2.26. The third-order valence-electron chi connectivity index (χ3n) is 3.60. The van der Waals surface area contributed by atoms with E-state index in [0.717, 1.165) is 37.0 Å². The zero-order chi connectivity index (χ0) is 15.5. The van der Waals surface area contributed by atoms with Gasteiger partial charge in [-0.2, -0.15) is 13.2 Å². The smallest absolute Gasteiger partial charge is 0.368 e. The number of nitrogens with zero attached hydrogens (tertiary/aromatic N) is 1. The number of rotatable bonds is 5. The normalized spacial score (nSPS) is 23.5. The standard InChI is InChI=1S/C14H21F3N2OS/c1-3-7-18-9-10-11(14(15,16)17)19-12(21-10)13(2)6-4-5-8-20-13/h18H,3-9H2,1-2H3. The van der Waals surface area contributed by atoms with E-state index < -0.39 is 17.5 Å². The SMILES string of the molecule is CCCNCc1sc(C2(C)CCCCO2)nc1C(F)(F)F. The Morgan fingerprint density at radius 3 is 2.71 bits per heavy atom. The van der Waals surface area contributed by atoms with Crippen LogP contribution in [0.2, 0.25) is 0 Å². The lowest BCUT2D eigenvalue weighted by Crippen LogP contribution is -2.30. The van der Waals surface area contributed by atoms with Crippen molar-refractivity contribution in [3.8, 4) is 0 Å². The van der Waals surface area contributed by atoms with E-state index in [-0.39, 0.29) is 11.4 Å². The van der Waals surface area contributed by atoms with E-state index in [1.165, 1.54) is 0 Å². The molecule has 1 aromatic rings. The molecule has 0 amide bonds. The zero-order valence-corrected chi connectivity index (χ0v) is 13.2. The number of hydrogen-bond acceptors (Lipinski definition) is 4. The second-order valence-electron chi connectivity index (χ2n) is 5.50. The van der Waals surface area contributed by atoms with E-state index in [1.54, 1.807) is 0 Å². The summed E-state index contributed by atoms with van der Waals surface area (Å²) in [4.78, 5) is 4.14. The Morgan fingerprint density at radius 1 is 1.38 bits per heavy atom. The van der Waals surface area contributed by atoms with Gasteiger partial charge in [0, 0.05) is 13.2 Å². The summed E-state index contributed by atoms with van der Waals surface area (Å²) < 4.78 is 45.1. The van der Waals surface area contributed by atoms with Crippen LogP contribution >= 0.6 is 11.3 Å². The van der Waals surface area contributed by atoms with Crippen molar-refractivity contribution in [3.05, 3.63) is 15.6 Å². The highest BCUT2D eigenvalue weighted by molar-refractivity contribution is 7.11. The molecule has 0 bridgehead atoms. The van der Waals surface area contributed by atoms with Gasteiger partial charge in [0.1, 0.15) is 10.6 Å². The van der Waals surface area contributed by atoms with Gasteiger partial charge in [0.25, 0.3) is 0 Å². The van der Waals surface area contributed by atoms with Gasteiger partial charge in [-0.1, -0.05) is 6.92 Å². The average Bonchev–Trinajstić information content (AvgIpc) is 2.85. The molecule has 1 saturated heterocycles. The van der Waals surface area contributed by atoms with Crippen molar-refractivity contribution in [3.63, 3.8) is 0 Å². The van der Waals surface area contributed by atoms with Crippen molar-refractivity contribution in [2.45, 2.75) is 57.9 Å². The average molecular weight is 322 g/mol. The summed E-state index contributed by atoms with van der Waals surface area (Å²) in [6, 6.07) is 0. The van der Waals surface area contributed by atoms with E-state index in [0.29, 0.717) is 18.2 Å². The van der Waals surface area contributed by atoms with Crippen LogP contribution in [-0.2, 0) is 23.1 Å². The first-order valence-electron chi connectivity index (χ1n) is 7.29. The summed E-state index contributed by atoms with van der Waals surface area (Å²) >= 11 is 1.12. The molecule has 0 radical (unpaired) electrons. The summed E-state index contributed by atoms with van der Waals surface area (Å²) in [5.74, 6) is 0. The zero-order valence-electron chi connectivity index (χ0n) is 12.3. The van der Waals surface area contributed by atoms with Gasteiger partial charge in [-0.05, 0) is 39.2 Å². The fraction of sp³-hybridized carbons (Fsp3) is 0.786. The highest BCUT2D eigenvalue weighted by Crippen LogP contribution is 2.41. The summed E-state index contributed by atoms with van der Waals surface area (Å²) in [5.41, 5.74) is -1.44. The number of hydrogen-bond donors (Lipinski definition) is 1. The van der Waals surface area contributed by atoms with Gasteiger partial charge in [0.15, 0.2) is 5.69 Å². The summed E-state index contributed by atoms with van der Waals surface area (Å²) in [5, 5.41) is 3.47. The second-order valence-corrected chi connectivity index (χ2v) is 6.59. The van der Waals surface area contributed by atoms with Gasteiger partial charge in [0.05, 0.1) is 4.88 Å². The molecule has 3 nitrogen and oxygen atoms in total. The fourth-order valence-corrected chi connectivity index (χ4v) is 3.58. The fourth-order valence-electron chi connectivity index (χ4n) is 2.40. The largest absolute Gasteiger partial charge is 0.434 e. The quantitative estimate of drug-likeness (QED) is 0.830. The van der Waals surface area contributed by atoms with Crippen LogP contribution in [0.1, 0.15) is 55.1 Å². The summed E-state index contributed by atoms with van der Waals surface area (Å²) in [7, 11) is 0. The molecule has 1 unspecified atom stereocenters. The maximum absolute atomic E-state index is 13.1. The monoisotopic (exact) mass is 322 g/mol. The van der Waals surface area contributed by atoms with Crippen molar-refractivity contribution in [2.24, 2.45) is 0 Å². The Morgan fingerprint density at radius 2 is 2.14 bits per heavy atom. The van der Waals surface area contributed by atoms with Crippen LogP contribution in [0.25, 0.3) is 0 Å². The van der Waals surface area contributed by atoms with Gasteiger partial charge < -0.3 is 10.1 Å². The Labute approximate surface area is 126 Å². The molecular weight excluding hydrogens is 301 g/mol. The number of alkyl halides is 3. The predicted molar refractivity (Wildman–Crippen MR) is 76.3 cm³/mol. The van der Waals surface area contributed by atoms with Crippen LogP contribution in [0.15, 0.2) is 0 Å². The van der Waals surface area contributed by atoms with E-state index >= 15 is 0 Å². The predicted octanol–water partition coefficient (Wildman–Crippen LogP) is 4.08. The molecular formula is C14H21F3N2OS. The van der Waals surface area contributed by atoms with Crippen molar-refractivity contribution in [2.75, 3.05) is 13.2 Å². The van der Waals surface area contributed by atoms with Crippen molar-refractivity contribution >= 4 is 11.3 Å². The van der Waals surface area contributed by atoms with Gasteiger partial charge in [-0.15, -0.1) is 11.3 Å². The molecule has 2 rings (SSSR count). The summed E-state index contributed by atoms with van der Waals surface area (Å²) in [6.07, 6.45) is -0.894. The first-order chi connectivity index (χ1) is 9.87. The van der Waals surface area contributed by atoms with Crippen LogP contribution in [0.4, 0.5) is 13.2 Å². The van der Waals surface area contributed by atoms with Crippen LogP contribution in [-0.4, -0.2) is 18.1 Å². The first kappa shape index (κ1) is 16.7. The Kier molecular flexibility index (Phi) is 5.27. The molecule has 1 aliphatic heterocycles. The van der Waals surface area contributed by atoms with E-state index in [2.05, 4.69) is 10.3 Å². The molecule has 1 N–H and O–H groups in total. The minimum Gasteiger partial charge on any atom is -0.368 e. The van der Waals surface area contributed by atoms with Crippen LogP contribution in [0, 0.1) is 0 Å². The molecule has 0 aromatic carbocycles. The summed E-state index contributed by atoms with van der Waals surface area (Å²) in [6.45, 7) is 5.30. The van der Waals surface area contributed by atoms with E-state index in [1.807, 2.05) is 13.8 Å². The molecule has 7 heteroatoms. The van der Waals surface area contributed by atoms with Gasteiger partial charge in [-0.3, -0.25) is 0 Å². The molecule has 2 heterocycles. The topological polar surface area (TPSA) is 34.1 Å². The number of halogens is 3. The maximum atomic E-state index is 13.1. The minimum atomic E-state index is -4.41. The van der Waals surface area contributed by atoms with Crippen molar-refractivity contribution in [1.29, 1.82) is 0 Å². The first-order valence-corrected chi connectivity index (χ1v) is 8.10. The molecule has 0 saturated carbocycles. The molecule has 21 heavy (non-hydrogen) atoms.